The Hall–Kier alpha value is -1.12. The molecule has 0 aromatic heterocycles. The summed E-state index contributed by atoms with van der Waals surface area (Å²) < 4.78 is 0. The van der Waals surface area contributed by atoms with Crippen molar-refractivity contribution in [1.82, 2.24) is 4.90 Å². The molecule has 0 saturated heterocycles. The second kappa shape index (κ2) is 5.48. The van der Waals surface area contributed by atoms with Crippen LogP contribution in [0.3, 0.4) is 0 Å². The van der Waals surface area contributed by atoms with Gasteiger partial charge in [-0.1, -0.05) is 36.9 Å². The Labute approximate surface area is 104 Å². The van der Waals surface area contributed by atoms with Gasteiger partial charge in [0, 0.05) is 19.1 Å². The summed E-state index contributed by atoms with van der Waals surface area (Å²) in [5, 5.41) is 0. The van der Waals surface area contributed by atoms with Gasteiger partial charge in [-0.05, 0) is 36.9 Å². The number of benzene rings is 1. The van der Waals surface area contributed by atoms with Crippen molar-refractivity contribution in [2.75, 3.05) is 20.1 Å². The topological polar surface area (TPSA) is 29.3 Å². The number of likely N-dealkylation sites (N-methyl/N-ethyl adjacent to an activating group) is 1. The molecule has 2 rings (SSSR count). The van der Waals surface area contributed by atoms with Crippen LogP contribution in [0.25, 0.3) is 5.57 Å². The molecule has 1 fully saturated rings. The van der Waals surface area contributed by atoms with Gasteiger partial charge in [0.05, 0.1) is 0 Å². The molecule has 1 unspecified atom stereocenters. The van der Waals surface area contributed by atoms with Gasteiger partial charge < -0.3 is 5.73 Å². The first-order chi connectivity index (χ1) is 8.22. The highest BCUT2D eigenvalue weighted by Crippen LogP contribution is 2.34. The SMILES string of the molecule is C=C(CN(C)C(CN)C1CC1)c1ccccc1. The number of nitrogens with zero attached hydrogens (tertiary/aromatic N) is 1. The third-order valence-corrected chi connectivity index (χ3v) is 3.60. The van der Waals surface area contributed by atoms with E-state index >= 15 is 0 Å². The Morgan fingerprint density at radius 2 is 2.06 bits per heavy atom. The second-order valence-electron chi connectivity index (χ2n) is 5.03. The zero-order chi connectivity index (χ0) is 12.3. The van der Waals surface area contributed by atoms with E-state index in [1.807, 2.05) is 6.07 Å². The van der Waals surface area contributed by atoms with Crippen LogP contribution in [-0.4, -0.2) is 31.1 Å². The van der Waals surface area contributed by atoms with Gasteiger partial charge in [-0.2, -0.15) is 0 Å². The lowest BCUT2D eigenvalue weighted by Gasteiger charge is -2.27. The summed E-state index contributed by atoms with van der Waals surface area (Å²) in [7, 11) is 2.16. The van der Waals surface area contributed by atoms with Crippen molar-refractivity contribution in [3.63, 3.8) is 0 Å². The maximum Gasteiger partial charge on any atom is 0.0247 e. The number of hydrogen-bond acceptors (Lipinski definition) is 2. The van der Waals surface area contributed by atoms with Crippen LogP contribution in [0.15, 0.2) is 36.9 Å². The van der Waals surface area contributed by atoms with Gasteiger partial charge >= 0.3 is 0 Å². The van der Waals surface area contributed by atoms with E-state index < -0.39 is 0 Å². The third-order valence-electron chi connectivity index (χ3n) is 3.60. The summed E-state index contributed by atoms with van der Waals surface area (Å²) in [6.45, 7) is 5.84. The largest absolute Gasteiger partial charge is 0.329 e. The van der Waals surface area contributed by atoms with Crippen molar-refractivity contribution in [3.8, 4) is 0 Å². The summed E-state index contributed by atoms with van der Waals surface area (Å²) in [6.07, 6.45) is 2.67. The van der Waals surface area contributed by atoms with Gasteiger partial charge in [0.25, 0.3) is 0 Å². The Morgan fingerprint density at radius 1 is 1.41 bits per heavy atom. The zero-order valence-electron chi connectivity index (χ0n) is 10.6. The van der Waals surface area contributed by atoms with E-state index in [4.69, 9.17) is 5.73 Å². The molecular weight excluding hydrogens is 208 g/mol. The van der Waals surface area contributed by atoms with Crippen LogP contribution in [0.4, 0.5) is 0 Å². The molecule has 2 nitrogen and oxygen atoms in total. The molecule has 2 heteroatoms. The molecular formula is C15H22N2. The fourth-order valence-corrected chi connectivity index (χ4v) is 2.40. The third kappa shape index (κ3) is 3.18. The van der Waals surface area contributed by atoms with Gasteiger partial charge in [-0.15, -0.1) is 0 Å². The highest BCUT2D eigenvalue weighted by Gasteiger charge is 2.32. The van der Waals surface area contributed by atoms with E-state index in [0.29, 0.717) is 6.04 Å². The summed E-state index contributed by atoms with van der Waals surface area (Å²) in [5.41, 5.74) is 8.26. The maximum atomic E-state index is 5.86. The van der Waals surface area contributed by atoms with Crippen LogP contribution in [-0.2, 0) is 0 Å². The van der Waals surface area contributed by atoms with Crippen LogP contribution < -0.4 is 5.73 Å². The molecule has 0 heterocycles. The van der Waals surface area contributed by atoms with Crippen LogP contribution in [0.5, 0.6) is 0 Å². The van der Waals surface area contributed by atoms with Gasteiger partial charge in [0.15, 0.2) is 0 Å². The van der Waals surface area contributed by atoms with Crippen molar-refractivity contribution in [2.24, 2.45) is 11.7 Å². The van der Waals surface area contributed by atoms with Gasteiger partial charge in [-0.3, -0.25) is 4.90 Å². The molecule has 92 valence electrons. The van der Waals surface area contributed by atoms with E-state index in [2.05, 4.69) is 42.8 Å². The lowest BCUT2D eigenvalue weighted by Crippen LogP contribution is -2.40. The molecule has 1 saturated carbocycles. The molecule has 1 aliphatic carbocycles. The average molecular weight is 230 g/mol. The summed E-state index contributed by atoms with van der Waals surface area (Å²) >= 11 is 0. The van der Waals surface area contributed by atoms with Gasteiger partial charge in [0.1, 0.15) is 0 Å². The molecule has 0 amide bonds. The van der Waals surface area contributed by atoms with Crippen molar-refractivity contribution in [2.45, 2.75) is 18.9 Å². The van der Waals surface area contributed by atoms with Crippen molar-refractivity contribution < 1.29 is 0 Å². The molecule has 17 heavy (non-hydrogen) atoms. The van der Waals surface area contributed by atoms with E-state index in [1.54, 1.807) is 0 Å². The summed E-state index contributed by atoms with van der Waals surface area (Å²) in [6, 6.07) is 10.9. The first-order valence-electron chi connectivity index (χ1n) is 6.36. The second-order valence-corrected chi connectivity index (χ2v) is 5.03. The molecule has 2 N–H and O–H groups in total. The van der Waals surface area contributed by atoms with E-state index in [0.717, 1.165) is 19.0 Å². The molecule has 0 spiro atoms. The highest BCUT2D eigenvalue weighted by molar-refractivity contribution is 5.64. The Bertz CT molecular complexity index is 368. The Balaban J connectivity index is 1.93. The fourth-order valence-electron chi connectivity index (χ4n) is 2.40. The molecule has 1 aromatic carbocycles. The van der Waals surface area contributed by atoms with Gasteiger partial charge in [-0.25, -0.2) is 0 Å². The quantitative estimate of drug-likeness (QED) is 0.813. The van der Waals surface area contributed by atoms with Crippen LogP contribution >= 0.6 is 0 Å². The monoisotopic (exact) mass is 230 g/mol. The van der Waals surface area contributed by atoms with Crippen LogP contribution in [0.1, 0.15) is 18.4 Å². The molecule has 0 aliphatic heterocycles. The maximum absolute atomic E-state index is 5.86. The predicted octanol–water partition coefficient (Wildman–Crippen LogP) is 2.37. The minimum atomic E-state index is 0.524. The predicted molar refractivity (Wildman–Crippen MR) is 73.7 cm³/mol. The number of hydrogen-bond donors (Lipinski definition) is 1. The Morgan fingerprint density at radius 3 is 2.59 bits per heavy atom. The average Bonchev–Trinajstić information content (AvgIpc) is 3.15. The van der Waals surface area contributed by atoms with E-state index in [9.17, 15) is 0 Å². The van der Waals surface area contributed by atoms with Crippen LogP contribution in [0, 0.1) is 5.92 Å². The summed E-state index contributed by atoms with van der Waals surface area (Å²) in [5.74, 6) is 0.813. The lowest BCUT2D eigenvalue weighted by molar-refractivity contribution is 0.249. The minimum absolute atomic E-state index is 0.524. The van der Waals surface area contributed by atoms with Gasteiger partial charge in [0.2, 0.25) is 0 Å². The van der Waals surface area contributed by atoms with Crippen molar-refractivity contribution >= 4 is 5.57 Å². The Kier molecular flexibility index (Phi) is 3.97. The fraction of sp³-hybridized carbons (Fsp3) is 0.467. The zero-order valence-corrected chi connectivity index (χ0v) is 10.6. The van der Waals surface area contributed by atoms with Crippen molar-refractivity contribution in [3.05, 3.63) is 42.5 Å². The standard InChI is InChI=1S/C15H22N2/c1-12(13-6-4-3-5-7-13)11-17(2)15(10-16)14-8-9-14/h3-7,14-15H,1,8-11,16H2,2H3. The highest BCUT2D eigenvalue weighted by atomic mass is 15.1. The molecule has 1 aromatic rings. The van der Waals surface area contributed by atoms with E-state index in [1.165, 1.54) is 24.0 Å². The summed E-state index contributed by atoms with van der Waals surface area (Å²) in [4.78, 5) is 2.35. The number of rotatable bonds is 6. The molecule has 1 atom stereocenters. The lowest BCUT2D eigenvalue weighted by atomic mass is 10.1. The first kappa shape index (κ1) is 12.3. The molecule has 0 radical (unpaired) electrons. The number of nitrogens with two attached hydrogens (primary N) is 1. The van der Waals surface area contributed by atoms with Crippen LogP contribution in [0.2, 0.25) is 0 Å². The minimum Gasteiger partial charge on any atom is -0.329 e. The smallest absolute Gasteiger partial charge is 0.0247 e. The van der Waals surface area contributed by atoms with Crippen molar-refractivity contribution in [1.29, 1.82) is 0 Å². The molecule has 0 bridgehead atoms. The van der Waals surface area contributed by atoms with E-state index in [-0.39, 0.29) is 0 Å². The first-order valence-corrected chi connectivity index (χ1v) is 6.36. The normalized spacial score (nSPS) is 17.1. The molecule has 1 aliphatic rings.